The van der Waals surface area contributed by atoms with E-state index in [1.54, 1.807) is 13.8 Å². The number of aliphatic hydroxyl groups excluding tert-OH is 1. The van der Waals surface area contributed by atoms with Gasteiger partial charge in [-0.05, 0) is 63.1 Å². The SMILES string of the molecule is CCCc1c2oc(C(=O)O)cc(=O)c2cc2c(=O)cc(C(=O)O)n(CC)c12.CCCc1c2oc(C(=O)O)cc(=O)c2cc2c(=O)cc(C(=O)[O-])n(CC)c12.O=C([O-])c1cc(=O)c2c(OCC(O)COc3cccc4oc(C(=O)O)cc(=O)c34)cccc2o1. The van der Waals surface area contributed by atoms with Crippen LogP contribution in [0.25, 0.3) is 65.7 Å². The predicted octanol–water partition coefficient (Wildman–Crippen LogP) is 4.40. The van der Waals surface area contributed by atoms with Gasteiger partial charge in [-0.25, -0.2) is 19.2 Å². The van der Waals surface area contributed by atoms with E-state index in [2.05, 4.69) is 0 Å². The zero-order valence-corrected chi connectivity index (χ0v) is 46.6. The number of aromatic carboxylic acids is 6. The van der Waals surface area contributed by atoms with Crippen molar-refractivity contribution in [3.8, 4) is 11.5 Å². The number of hydrogen-bond acceptors (Lipinski definition) is 21. The number of nitrogens with zero attached hydrogens (tertiary/aromatic N) is 2. The number of carbonyl (C=O) groups is 6. The Bertz CT molecular complexity index is 4630. The van der Waals surface area contributed by atoms with Crippen molar-refractivity contribution >= 4 is 101 Å². The molecule has 0 radical (unpaired) electrons. The lowest BCUT2D eigenvalue weighted by Gasteiger charge is -2.19. The normalized spacial score (nSPS) is 11.5. The minimum absolute atomic E-state index is 0.00607. The number of carboxylic acids is 6. The van der Waals surface area contributed by atoms with Gasteiger partial charge in [0.15, 0.2) is 38.3 Å². The van der Waals surface area contributed by atoms with Gasteiger partial charge in [-0.3, -0.25) is 28.8 Å². The summed E-state index contributed by atoms with van der Waals surface area (Å²) in [5, 5.41) is 70.1. The molecule has 27 nitrogen and oxygen atoms in total. The topological polar surface area (TPSA) is 433 Å². The fourth-order valence-corrected chi connectivity index (χ4v) is 9.89. The lowest BCUT2D eigenvalue weighted by Crippen LogP contribution is -2.29. The second-order valence-electron chi connectivity index (χ2n) is 19.3. The van der Waals surface area contributed by atoms with E-state index in [1.807, 2.05) is 13.8 Å². The van der Waals surface area contributed by atoms with Crippen LogP contribution in [0, 0.1) is 0 Å². The van der Waals surface area contributed by atoms with E-state index < -0.39 is 97.5 Å². The molecule has 6 aromatic heterocycles. The highest BCUT2D eigenvalue weighted by molar-refractivity contribution is 6.03. The lowest BCUT2D eigenvalue weighted by molar-refractivity contribution is -0.257. The summed E-state index contributed by atoms with van der Waals surface area (Å²) in [6.45, 7) is 7.05. The molecule has 5 N–H and O–H groups in total. The van der Waals surface area contributed by atoms with Crippen LogP contribution in [0.1, 0.15) is 115 Å². The van der Waals surface area contributed by atoms with Crippen molar-refractivity contribution in [2.75, 3.05) is 13.2 Å². The van der Waals surface area contributed by atoms with Gasteiger partial charge in [0.25, 0.3) is 0 Å². The molecule has 0 spiro atoms. The number of rotatable bonds is 18. The number of aliphatic hydroxyl groups is 1. The second-order valence-corrected chi connectivity index (χ2v) is 19.3. The van der Waals surface area contributed by atoms with Crippen molar-refractivity contribution in [1.29, 1.82) is 0 Å². The third-order valence-corrected chi connectivity index (χ3v) is 13.6. The maximum absolute atomic E-state index is 12.6. The Balaban J connectivity index is 0.000000173. The Morgan fingerprint density at radius 3 is 1.23 bits per heavy atom. The molecule has 0 saturated carbocycles. The molecule has 0 fully saturated rings. The third kappa shape index (κ3) is 12.4. The molecule has 1 atom stereocenters. The second kappa shape index (κ2) is 25.8. The van der Waals surface area contributed by atoms with Gasteiger partial charge in [0.05, 0.1) is 33.5 Å². The fourth-order valence-electron chi connectivity index (χ4n) is 9.89. The van der Waals surface area contributed by atoms with Gasteiger partial charge in [0.2, 0.25) is 17.3 Å². The Morgan fingerprint density at radius 1 is 0.466 bits per heavy atom. The lowest BCUT2D eigenvalue weighted by atomic mass is 10.00. The van der Waals surface area contributed by atoms with Crippen LogP contribution >= 0.6 is 0 Å². The monoisotopic (exact) mass is 1210 g/mol. The van der Waals surface area contributed by atoms with Crippen molar-refractivity contribution < 1.29 is 91.7 Å². The van der Waals surface area contributed by atoms with Crippen LogP contribution in [-0.2, 0) is 25.9 Å². The summed E-state index contributed by atoms with van der Waals surface area (Å²) in [5.74, 6) is -10.6. The molecule has 0 saturated heterocycles. The van der Waals surface area contributed by atoms with Gasteiger partial charge in [0.1, 0.15) is 75.6 Å². The largest absolute Gasteiger partial charge is 0.543 e. The molecule has 88 heavy (non-hydrogen) atoms. The zero-order chi connectivity index (χ0) is 64.2. The average molecular weight is 1210 g/mol. The van der Waals surface area contributed by atoms with Crippen molar-refractivity contribution in [3.63, 3.8) is 0 Å². The van der Waals surface area contributed by atoms with E-state index in [4.69, 9.17) is 32.2 Å². The predicted molar refractivity (Wildman–Crippen MR) is 306 cm³/mol. The summed E-state index contributed by atoms with van der Waals surface area (Å²) >= 11 is 0. The first-order valence-electron chi connectivity index (χ1n) is 26.6. The number of carbonyl (C=O) groups excluding carboxylic acids is 2. The number of ether oxygens (including phenoxy) is 2. The highest BCUT2D eigenvalue weighted by Crippen LogP contribution is 2.31. The molecular weight excluding hydrogens is 1160 g/mol. The minimum atomic E-state index is -1.64. The van der Waals surface area contributed by atoms with Crippen LogP contribution in [0.4, 0.5) is 0 Å². The highest BCUT2D eigenvalue weighted by Gasteiger charge is 2.24. The quantitative estimate of drug-likeness (QED) is 0.0743. The summed E-state index contributed by atoms with van der Waals surface area (Å²) < 4.78 is 35.1. The van der Waals surface area contributed by atoms with E-state index in [1.165, 1.54) is 57.7 Å². The maximum atomic E-state index is 12.6. The number of carboxylic acid groups (broad SMARTS) is 6. The molecule has 10 aromatic rings. The first-order chi connectivity index (χ1) is 41.8. The van der Waals surface area contributed by atoms with Crippen molar-refractivity contribution in [2.45, 2.75) is 72.6 Å². The number of pyridine rings is 2. The Hall–Kier alpha value is -11.5. The van der Waals surface area contributed by atoms with Gasteiger partial charge in [0, 0.05) is 71.4 Å². The van der Waals surface area contributed by atoms with Gasteiger partial charge >= 0.3 is 23.9 Å². The number of hydrogen-bond donors (Lipinski definition) is 5. The van der Waals surface area contributed by atoms with E-state index >= 15 is 0 Å². The van der Waals surface area contributed by atoms with E-state index in [0.717, 1.165) is 36.4 Å². The van der Waals surface area contributed by atoms with Crippen LogP contribution < -0.4 is 52.3 Å². The standard InChI is InChI=1S/C23H16O11.2C19H17NO7/c24-11(9-31-14-3-1-5-16-20(14)12(25)7-18(33-16)22(27)28)10-32-15-4-2-6-17-21(15)13(26)8-19(34-17)23(29)30;2*1-3-5-9-16-10(13(21)7-12(18(23)24)20(16)4-2)6-11-14(22)8-15(19(25)26)27-17(9)11/h1-8,11,24H,9-10H2,(H,27,28)(H,29,30);2*6-8H,3-5H2,1-2H3,(H,23,24)(H,25,26)/p-2. The zero-order valence-electron chi connectivity index (χ0n) is 46.6. The van der Waals surface area contributed by atoms with Crippen LogP contribution in [0.5, 0.6) is 11.5 Å². The summed E-state index contributed by atoms with van der Waals surface area (Å²) in [5.41, 5.74) is -2.36. The molecule has 0 aliphatic heterocycles. The molecule has 10 rings (SSSR count). The summed E-state index contributed by atoms with van der Waals surface area (Å²) in [6.07, 6.45) is 0.746. The summed E-state index contributed by atoms with van der Waals surface area (Å²) in [7, 11) is 0. The first-order valence-corrected chi connectivity index (χ1v) is 26.6. The Labute approximate surface area is 489 Å². The van der Waals surface area contributed by atoms with Gasteiger partial charge in [-0.1, -0.05) is 38.8 Å². The number of benzene rings is 4. The number of aromatic nitrogens is 2. The van der Waals surface area contributed by atoms with E-state index in [9.17, 15) is 88.2 Å². The third-order valence-electron chi connectivity index (χ3n) is 13.6. The van der Waals surface area contributed by atoms with Crippen LogP contribution in [0.2, 0.25) is 0 Å². The fraction of sp³-hybridized carbons (Fsp3) is 0.213. The smallest absolute Gasteiger partial charge is 0.371 e. The van der Waals surface area contributed by atoms with E-state index in [0.29, 0.717) is 47.8 Å². The van der Waals surface area contributed by atoms with Gasteiger partial charge in [-0.15, -0.1) is 0 Å². The van der Waals surface area contributed by atoms with Crippen molar-refractivity contribution in [2.24, 2.45) is 0 Å². The first kappa shape index (κ1) is 62.6. The summed E-state index contributed by atoms with van der Waals surface area (Å²) in [6, 6.07) is 16.7. The van der Waals surface area contributed by atoms with E-state index in [-0.39, 0.29) is 104 Å². The summed E-state index contributed by atoms with van der Waals surface area (Å²) in [4.78, 5) is 142. The van der Waals surface area contributed by atoms with Crippen LogP contribution in [-0.4, -0.2) is 89.8 Å². The van der Waals surface area contributed by atoms with Crippen molar-refractivity contribution in [1.82, 2.24) is 9.13 Å². The molecule has 454 valence electrons. The molecule has 0 bridgehead atoms. The average Bonchev–Trinajstić information content (AvgIpc) is 1.27. The molecule has 0 aliphatic rings. The Kier molecular flexibility index (Phi) is 18.3. The Morgan fingerprint density at radius 2 is 0.841 bits per heavy atom. The molecular formula is C61H48N2O25-2. The molecule has 4 aromatic carbocycles. The molecule has 1 unspecified atom stereocenters. The van der Waals surface area contributed by atoms with Crippen LogP contribution in [0.15, 0.2) is 131 Å². The molecule has 27 heteroatoms. The number of aryl methyl sites for hydroxylation is 4. The number of fused-ring (bicyclic) bond motifs is 6. The van der Waals surface area contributed by atoms with Crippen LogP contribution in [0.3, 0.4) is 0 Å². The van der Waals surface area contributed by atoms with Gasteiger partial charge < -0.3 is 81.6 Å². The van der Waals surface area contributed by atoms with Gasteiger partial charge in [-0.2, -0.15) is 0 Å². The molecule has 6 heterocycles. The molecule has 0 amide bonds. The highest BCUT2D eigenvalue weighted by atomic mass is 16.5. The maximum Gasteiger partial charge on any atom is 0.371 e. The molecule has 0 aliphatic carbocycles. The van der Waals surface area contributed by atoms with Crippen molar-refractivity contribution in [3.05, 3.63) is 192 Å². The minimum Gasteiger partial charge on any atom is -0.543 e.